The molecule has 0 saturated heterocycles. The lowest BCUT2D eigenvalue weighted by atomic mass is 10.1. The molecular weight excluding hydrogens is 230 g/mol. The lowest BCUT2D eigenvalue weighted by Gasteiger charge is -1.96. The van der Waals surface area contributed by atoms with Crippen LogP contribution in [0, 0.1) is 5.92 Å². The second kappa shape index (κ2) is 6.40. The van der Waals surface area contributed by atoms with E-state index in [0.717, 1.165) is 17.1 Å². The molecule has 2 rings (SSSR count). The van der Waals surface area contributed by atoms with Crippen molar-refractivity contribution in [2.45, 2.75) is 20.8 Å². The molecule has 1 aliphatic carbocycles. The van der Waals surface area contributed by atoms with Crippen LogP contribution in [0.25, 0.3) is 12.2 Å². The summed E-state index contributed by atoms with van der Waals surface area (Å²) in [6.07, 6.45) is 8.33. The first-order chi connectivity index (χ1) is 8.20. The molecule has 92 valence electrons. The zero-order chi connectivity index (χ0) is 12.8. The van der Waals surface area contributed by atoms with Gasteiger partial charge in [-0.1, -0.05) is 51.2 Å². The zero-order valence-electron chi connectivity index (χ0n) is 10.8. The molecule has 1 aromatic heterocycles. The first-order valence-electron chi connectivity index (χ1n) is 5.93. The van der Waals surface area contributed by atoms with Crippen molar-refractivity contribution >= 4 is 29.4 Å². The molecule has 0 fully saturated rings. The molecule has 0 amide bonds. The van der Waals surface area contributed by atoms with Gasteiger partial charge in [0.15, 0.2) is 5.76 Å². The monoisotopic (exact) mass is 249 g/mol. The Labute approximate surface area is 108 Å². The van der Waals surface area contributed by atoms with E-state index in [1.165, 1.54) is 0 Å². The van der Waals surface area contributed by atoms with Crippen LogP contribution in [0.5, 0.6) is 0 Å². The van der Waals surface area contributed by atoms with Crippen LogP contribution in [-0.4, -0.2) is 12.0 Å². The van der Waals surface area contributed by atoms with Gasteiger partial charge in [-0.2, -0.15) is 0 Å². The number of furan rings is 1. The highest BCUT2D eigenvalue weighted by molar-refractivity contribution is 7.80. The Balaban J connectivity index is 0.000000686. The van der Waals surface area contributed by atoms with Gasteiger partial charge in [-0.15, -0.1) is 0 Å². The SMILES string of the molecule is CC.CNC(=S)c1cc2c(o1)C=CC(C)C=C2. The van der Waals surface area contributed by atoms with E-state index in [1.807, 2.05) is 26.0 Å². The minimum atomic E-state index is 0.451. The maximum Gasteiger partial charge on any atom is 0.162 e. The third-order valence-corrected chi connectivity index (χ3v) is 2.78. The van der Waals surface area contributed by atoms with Crippen LogP contribution in [-0.2, 0) is 0 Å². The van der Waals surface area contributed by atoms with Crippen LogP contribution >= 0.6 is 12.2 Å². The minimum absolute atomic E-state index is 0.451. The summed E-state index contributed by atoms with van der Waals surface area (Å²) in [6.45, 7) is 6.14. The summed E-state index contributed by atoms with van der Waals surface area (Å²) >= 11 is 5.11. The first kappa shape index (κ1) is 13.7. The molecule has 1 heterocycles. The summed E-state index contributed by atoms with van der Waals surface area (Å²) in [5.41, 5.74) is 1.09. The smallest absolute Gasteiger partial charge is 0.162 e. The van der Waals surface area contributed by atoms with E-state index >= 15 is 0 Å². The molecule has 0 saturated carbocycles. The molecule has 1 unspecified atom stereocenters. The Kier molecular flexibility index (Phi) is 5.16. The molecule has 1 N–H and O–H groups in total. The average molecular weight is 249 g/mol. The summed E-state index contributed by atoms with van der Waals surface area (Å²) in [5.74, 6) is 2.05. The standard InChI is InChI=1S/C12H13NOS.C2H6/c1-8-3-5-9-7-11(12(15)13-2)14-10(9)6-4-8;1-2/h3-8H,1-2H3,(H,13,15);1-2H3. The molecule has 1 aromatic rings. The normalized spacial score (nSPS) is 16.6. The molecule has 3 heteroatoms. The molecule has 1 atom stereocenters. The molecule has 0 radical (unpaired) electrons. The van der Waals surface area contributed by atoms with Gasteiger partial charge in [-0.25, -0.2) is 0 Å². The largest absolute Gasteiger partial charge is 0.454 e. The van der Waals surface area contributed by atoms with Crippen LogP contribution in [0.15, 0.2) is 22.6 Å². The van der Waals surface area contributed by atoms with E-state index in [-0.39, 0.29) is 0 Å². The molecule has 2 nitrogen and oxygen atoms in total. The van der Waals surface area contributed by atoms with Gasteiger partial charge in [-0.05, 0) is 18.1 Å². The highest BCUT2D eigenvalue weighted by Crippen LogP contribution is 2.23. The predicted octanol–water partition coefficient (Wildman–Crippen LogP) is 3.88. The van der Waals surface area contributed by atoms with E-state index < -0.39 is 0 Å². The first-order valence-corrected chi connectivity index (χ1v) is 6.34. The van der Waals surface area contributed by atoms with Gasteiger partial charge in [0.1, 0.15) is 10.7 Å². The Morgan fingerprint density at radius 1 is 1.29 bits per heavy atom. The maximum absolute atomic E-state index is 5.65. The van der Waals surface area contributed by atoms with Crippen LogP contribution in [0.4, 0.5) is 0 Å². The number of allylic oxidation sites excluding steroid dienone is 2. The second-order valence-electron chi connectivity index (χ2n) is 3.59. The van der Waals surface area contributed by atoms with Gasteiger partial charge in [0.25, 0.3) is 0 Å². The van der Waals surface area contributed by atoms with Crippen molar-refractivity contribution in [3.05, 3.63) is 35.3 Å². The topological polar surface area (TPSA) is 25.2 Å². The molecule has 0 aromatic carbocycles. The van der Waals surface area contributed by atoms with Gasteiger partial charge in [-0.3, -0.25) is 0 Å². The van der Waals surface area contributed by atoms with Crippen LogP contribution in [0.2, 0.25) is 0 Å². The molecule has 17 heavy (non-hydrogen) atoms. The van der Waals surface area contributed by atoms with Crippen molar-refractivity contribution < 1.29 is 4.42 Å². The van der Waals surface area contributed by atoms with Crippen molar-refractivity contribution in [3.63, 3.8) is 0 Å². The Morgan fingerprint density at radius 2 is 1.94 bits per heavy atom. The Hall–Kier alpha value is -1.35. The minimum Gasteiger partial charge on any atom is -0.454 e. The van der Waals surface area contributed by atoms with Gasteiger partial charge in [0, 0.05) is 12.6 Å². The maximum atomic E-state index is 5.65. The summed E-state index contributed by atoms with van der Waals surface area (Å²) in [5, 5.41) is 2.90. The molecule has 0 aliphatic heterocycles. The van der Waals surface area contributed by atoms with E-state index in [0.29, 0.717) is 10.9 Å². The van der Waals surface area contributed by atoms with Crippen LogP contribution < -0.4 is 5.32 Å². The number of hydrogen-bond acceptors (Lipinski definition) is 2. The number of fused-ring (bicyclic) bond motifs is 1. The van der Waals surface area contributed by atoms with Gasteiger partial charge in [0.05, 0.1) is 0 Å². The second-order valence-corrected chi connectivity index (χ2v) is 3.99. The molecular formula is C14H19NOS. The number of hydrogen-bond donors (Lipinski definition) is 1. The predicted molar refractivity (Wildman–Crippen MR) is 78.0 cm³/mol. The quantitative estimate of drug-likeness (QED) is 0.765. The van der Waals surface area contributed by atoms with Gasteiger partial charge >= 0.3 is 0 Å². The number of nitrogens with one attached hydrogen (secondary N) is 1. The average Bonchev–Trinajstić information content (AvgIpc) is 2.71. The number of rotatable bonds is 1. The summed E-state index contributed by atoms with van der Waals surface area (Å²) in [4.78, 5) is 0.637. The summed E-state index contributed by atoms with van der Waals surface area (Å²) in [6, 6.07) is 1.97. The van der Waals surface area contributed by atoms with Gasteiger partial charge < -0.3 is 9.73 Å². The summed E-state index contributed by atoms with van der Waals surface area (Å²) in [7, 11) is 1.80. The fourth-order valence-electron chi connectivity index (χ4n) is 1.47. The Morgan fingerprint density at radius 3 is 2.59 bits per heavy atom. The Bertz CT molecular complexity index is 412. The highest BCUT2D eigenvalue weighted by Gasteiger charge is 2.11. The van der Waals surface area contributed by atoms with E-state index in [2.05, 4.69) is 30.5 Å². The van der Waals surface area contributed by atoms with E-state index in [4.69, 9.17) is 16.6 Å². The van der Waals surface area contributed by atoms with Crippen LogP contribution in [0.3, 0.4) is 0 Å². The van der Waals surface area contributed by atoms with Crippen molar-refractivity contribution in [3.8, 4) is 0 Å². The molecule has 0 spiro atoms. The third-order valence-electron chi connectivity index (χ3n) is 2.37. The van der Waals surface area contributed by atoms with Crippen molar-refractivity contribution in [2.24, 2.45) is 5.92 Å². The fraction of sp³-hybridized carbons (Fsp3) is 0.357. The number of thiocarbonyl (C=S) groups is 1. The van der Waals surface area contributed by atoms with Crippen molar-refractivity contribution in [1.29, 1.82) is 0 Å². The van der Waals surface area contributed by atoms with Crippen LogP contribution in [0.1, 0.15) is 37.9 Å². The van der Waals surface area contributed by atoms with Gasteiger partial charge in [0.2, 0.25) is 0 Å². The lowest BCUT2D eigenvalue weighted by Crippen LogP contribution is -2.15. The summed E-state index contributed by atoms with van der Waals surface area (Å²) < 4.78 is 5.65. The molecule has 1 aliphatic rings. The van der Waals surface area contributed by atoms with Crippen molar-refractivity contribution in [2.75, 3.05) is 7.05 Å². The van der Waals surface area contributed by atoms with E-state index in [9.17, 15) is 0 Å². The van der Waals surface area contributed by atoms with Crippen molar-refractivity contribution in [1.82, 2.24) is 5.32 Å². The third kappa shape index (κ3) is 3.30. The lowest BCUT2D eigenvalue weighted by molar-refractivity contribution is 0.546. The molecule has 0 bridgehead atoms. The zero-order valence-corrected chi connectivity index (χ0v) is 11.6. The highest BCUT2D eigenvalue weighted by atomic mass is 32.1. The van der Waals surface area contributed by atoms with E-state index in [1.54, 1.807) is 7.05 Å². The fourth-order valence-corrected chi connectivity index (χ4v) is 1.57.